The van der Waals surface area contributed by atoms with Crippen LogP contribution >= 0.6 is 0 Å². The molecule has 0 radical (unpaired) electrons. The zero-order valence-electron chi connectivity index (χ0n) is 13.2. The lowest BCUT2D eigenvalue weighted by Gasteiger charge is -2.11. The summed E-state index contributed by atoms with van der Waals surface area (Å²) in [7, 11) is 0. The van der Waals surface area contributed by atoms with Crippen LogP contribution in [0.4, 0.5) is 17.6 Å². The maximum atomic E-state index is 13.3. The summed E-state index contributed by atoms with van der Waals surface area (Å²) in [6.45, 7) is 3.86. The summed E-state index contributed by atoms with van der Waals surface area (Å²) < 4.78 is 51.3. The lowest BCUT2D eigenvalue weighted by Crippen LogP contribution is -2.23. The molecule has 0 spiro atoms. The Morgan fingerprint density at radius 1 is 1.08 bits per heavy atom. The summed E-state index contributed by atoms with van der Waals surface area (Å²) in [6, 6.07) is 9.17. The number of halogens is 4. The van der Waals surface area contributed by atoms with Crippen molar-refractivity contribution in [2.24, 2.45) is 0 Å². The van der Waals surface area contributed by atoms with Crippen molar-refractivity contribution in [3.05, 3.63) is 70.5 Å². The van der Waals surface area contributed by atoms with Gasteiger partial charge in [0.05, 0.1) is 5.56 Å². The van der Waals surface area contributed by atoms with Gasteiger partial charge >= 0.3 is 6.18 Å². The van der Waals surface area contributed by atoms with E-state index in [4.69, 9.17) is 0 Å². The standard InChI is InChI=1S/C18H17F4NO/c1-11(2)13-3-5-14(6-4-13)17(24)23-10-12-7-15(18(20,21)22)9-16(19)8-12/h3-9,11H,10H2,1-2H3,(H,23,24). The molecule has 6 heteroatoms. The highest BCUT2D eigenvalue weighted by molar-refractivity contribution is 5.94. The predicted octanol–water partition coefficient (Wildman–Crippen LogP) is 4.90. The molecular weight excluding hydrogens is 322 g/mol. The minimum atomic E-state index is -4.63. The van der Waals surface area contributed by atoms with Gasteiger partial charge in [-0.3, -0.25) is 4.79 Å². The van der Waals surface area contributed by atoms with Crippen molar-refractivity contribution in [3.63, 3.8) is 0 Å². The van der Waals surface area contributed by atoms with Gasteiger partial charge in [0.1, 0.15) is 5.82 Å². The van der Waals surface area contributed by atoms with Crippen molar-refractivity contribution in [2.45, 2.75) is 32.5 Å². The second-order valence-electron chi connectivity index (χ2n) is 5.81. The Morgan fingerprint density at radius 2 is 1.71 bits per heavy atom. The molecule has 1 amide bonds. The first kappa shape index (κ1) is 18.0. The highest BCUT2D eigenvalue weighted by atomic mass is 19.4. The molecule has 24 heavy (non-hydrogen) atoms. The number of hydrogen-bond acceptors (Lipinski definition) is 1. The molecular formula is C18H17F4NO. The molecule has 0 unspecified atom stereocenters. The zero-order valence-corrected chi connectivity index (χ0v) is 13.2. The minimum Gasteiger partial charge on any atom is -0.348 e. The van der Waals surface area contributed by atoms with E-state index in [1.165, 1.54) is 0 Å². The highest BCUT2D eigenvalue weighted by Gasteiger charge is 2.31. The van der Waals surface area contributed by atoms with Gasteiger partial charge < -0.3 is 5.32 Å². The first-order valence-corrected chi connectivity index (χ1v) is 7.41. The topological polar surface area (TPSA) is 29.1 Å². The normalized spacial score (nSPS) is 11.6. The maximum absolute atomic E-state index is 13.3. The minimum absolute atomic E-state index is 0.0504. The third kappa shape index (κ3) is 4.57. The second-order valence-corrected chi connectivity index (χ2v) is 5.81. The van der Waals surface area contributed by atoms with E-state index in [-0.39, 0.29) is 12.1 Å². The molecule has 1 N–H and O–H groups in total. The van der Waals surface area contributed by atoms with Crippen LogP contribution in [0.3, 0.4) is 0 Å². The molecule has 2 nitrogen and oxygen atoms in total. The van der Waals surface area contributed by atoms with Gasteiger partial charge in [0.15, 0.2) is 0 Å². The van der Waals surface area contributed by atoms with Gasteiger partial charge in [-0.1, -0.05) is 26.0 Å². The van der Waals surface area contributed by atoms with E-state index in [1.807, 2.05) is 26.0 Å². The Labute approximate surface area is 137 Å². The van der Waals surface area contributed by atoms with Gasteiger partial charge in [0, 0.05) is 12.1 Å². The summed E-state index contributed by atoms with van der Waals surface area (Å²) in [5, 5.41) is 2.50. The van der Waals surface area contributed by atoms with Crippen molar-refractivity contribution >= 4 is 5.91 Å². The van der Waals surface area contributed by atoms with Crippen LogP contribution < -0.4 is 5.32 Å². The van der Waals surface area contributed by atoms with Crippen LogP contribution in [0, 0.1) is 5.82 Å². The van der Waals surface area contributed by atoms with Gasteiger partial charge in [0.2, 0.25) is 0 Å². The molecule has 0 atom stereocenters. The van der Waals surface area contributed by atoms with Crippen LogP contribution in [0.2, 0.25) is 0 Å². The monoisotopic (exact) mass is 339 g/mol. The molecule has 0 aliphatic carbocycles. The SMILES string of the molecule is CC(C)c1ccc(C(=O)NCc2cc(F)cc(C(F)(F)F)c2)cc1. The molecule has 2 aromatic carbocycles. The lowest BCUT2D eigenvalue weighted by atomic mass is 10.0. The average Bonchev–Trinajstić information content (AvgIpc) is 2.51. The molecule has 0 aromatic heterocycles. The first-order chi connectivity index (χ1) is 11.2. The van der Waals surface area contributed by atoms with Crippen LogP contribution in [0.1, 0.15) is 46.8 Å². The van der Waals surface area contributed by atoms with Crippen molar-refractivity contribution in [1.82, 2.24) is 5.32 Å². The molecule has 2 aromatic rings. The number of alkyl halides is 3. The van der Waals surface area contributed by atoms with E-state index < -0.39 is 23.5 Å². The van der Waals surface area contributed by atoms with E-state index in [0.29, 0.717) is 17.5 Å². The van der Waals surface area contributed by atoms with Crippen molar-refractivity contribution in [1.29, 1.82) is 0 Å². The first-order valence-electron chi connectivity index (χ1n) is 7.41. The number of nitrogens with one attached hydrogen (secondary N) is 1. The van der Waals surface area contributed by atoms with Gasteiger partial charge in [-0.2, -0.15) is 13.2 Å². The molecule has 0 heterocycles. The van der Waals surface area contributed by atoms with Crippen molar-refractivity contribution in [2.75, 3.05) is 0 Å². The Hall–Kier alpha value is -2.37. The van der Waals surface area contributed by atoms with Crippen LogP contribution in [-0.4, -0.2) is 5.91 Å². The van der Waals surface area contributed by atoms with Crippen molar-refractivity contribution in [3.8, 4) is 0 Å². The third-order valence-corrected chi connectivity index (χ3v) is 3.58. The molecule has 0 bridgehead atoms. The summed E-state index contributed by atoms with van der Waals surface area (Å²) >= 11 is 0. The largest absolute Gasteiger partial charge is 0.416 e. The lowest BCUT2D eigenvalue weighted by molar-refractivity contribution is -0.137. The number of carbonyl (C=O) groups is 1. The summed E-state index contributed by atoms with van der Waals surface area (Å²) in [6.07, 6.45) is -4.63. The van der Waals surface area contributed by atoms with E-state index in [2.05, 4.69) is 5.32 Å². The fourth-order valence-electron chi connectivity index (χ4n) is 2.22. The summed E-state index contributed by atoms with van der Waals surface area (Å²) in [4.78, 5) is 12.0. The number of hydrogen-bond donors (Lipinski definition) is 1. The number of rotatable bonds is 4. The molecule has 0 aliphatic rings. The molecule has 0 fully saturated rings. The van der Waals surface area contributed by atoms with Gasteiger partial charge in [-0.25, -0.2) is 4.39 Å². The highest BCUT2D eigenvalue weighted by Crippen LogP contribution is 2.30. The van der Waals surface area contributed by atoms with Gasteiger partial charge in [0.25, 0.3) is 5.91 Å². The predicted molar refractivity (Wildman–Crippen MR) is 83.1 cm³/mol. The Balaban J connectivity index is 2.07. The van der Waals surface area contributed by atoms with E-state index in [0.717, 1.165) is 17.7 Å². The van der Waals surface area contributed by atoms with Crippen LogP contribution in [0.15, 0.2) is 42.5 Å². The zero-order chi connectivity index (χ0) is 17.9. The maximum Gasteiger partial charge on any atom is 0.416 e. The molecule has 2 rings (SSSR count). The van der Waals surface area contributed by atoms with Crippen LogP contribution in [0.25, 0.3) is 0 Å². The summed E-state index contributed by atoms with van der Waals surface area (Å²) in [5.41, 5.74) is 0.445. The van der Waals surface area contributed by atoms with E-state index in [1.54, 1.807) is 12.1 Å². The quantitative estimate of drug-likeness (QED) is 0.789. The van der Waals surface area contributed by atoms with E-state index >= 15 is 0 Å². The number of benzene rings is 2. The molecule has 0 aliphatic heterocycles. The molecule has 0 saturated heterocycles. The fourth-order valence-corrected chi connectivity index (χ4v) is 2.22. The van der Waals surface area contributed by atoms with Gasteiger partial charge in [-0.05, 0) is 47.4 Å². The molecule has 128 valence electrons. The molecule has 0 saturated carbocycles. The fraction of sp³-hybridized carbons (Fsp3) is 0.278. The average molecular weight is 339 g/mol. The summed E-state index contributed by atoms with van der Waals surface area (Å²) in [5.74, 6) is -1.09. The Kier molecular flexibility index (Phi) is 5.26. The third-order valence-electron chi connectivity index (χ3n) is 3.58. The Bertz CT molecular complexity index is 721. The Morgan fingerprint density at radius 3 is 2.25 bits per heavy atom. The van der Waals surface area contributed by atoms with Gasteiger partial charge in [-0.15, -0.1) is 0 Å². The number of amides is 1. The second kappa shape index (κ2) is 7.03. The number of carbonyl (C=O) groups excluding carboxylic acids is 1. The van der Waals surface area contributed by atoms with Crippen LogP contribution in [-0.2, 0) is 12.7 Å². The van der Waals surface area contributed by atoms with E-state index in [9.17, 15) is 22.4 Å². The van der Waals surface area contributed by atoms with Crippen molar-refractivity contribution < 1.29 is 22.4 Å². The van der Waals surface area contributed by atoms with Crippen LogP contribution in [0.5, 0.6) is 0 Å². The smallest absolute Gasteiger partial charge is 0.348 e.